The third-order valence-electron chi connectivity index (χ3n) is 7.54. The van der Waals surface area contributed by atoms with E-state index in [2.05, 4.69) is 20.5 Å². The van der Waals surface area contributed by atoms with E-state index >= 15 is 0 Å². The fourth-order valence-corrected chi connectivity index (χ4v) is 6.91. The minimum Gasteiger partial charge on any atom is -0.355 e. The Kier molecular flexibility index (Phi) is 5.00. The first-order chi connectivity index (χ1) is 13.6. The molecule has 0 radical (unpaired) electrons. The Balaban J connectivity index is 1.28. The Morgan fingerprint density at radius 3 is 2.61 bits per heavy atom. The van der Waals surface area contributed by atoms with E-state index < -0.39 is 0 Å². The van der Waals surface area contributed by atoms with Crippen LogP contribution in [-0.4, -0.2) is 43.6 Å². The number of carbonyl (C=O) groups is 1. The van der Waals surface area contributed by atoms with E-state index in [4.69, 9.17) is 11.6 Å². The number of carbonyl (C=O) groups excluding carboxylic acids is 1. The van der Waals surface area contributed by atoms with Crippen LogP contribution in [0, 0.1) is 23.2 Å². The van der Waals surface area contributed by atoms with Gasteiger partial charge in [-0.25, -0.2) is 4.98 Å². The summed E-state index contributed by atoms with van der Waals surface area (Å²) in [4.78, 5) is 19.7. The number of amides is 1. The van der Waals surface area contributed by atoms with Crippen molar-refractivity contribution in [2.45, 2.75) is 44.9 Å². The van der Waals surface area contributed by atoms with Gasteiger partial charge < -0.3 is 15.5 Å². The van der Waals surface area contributed by atoms with E-state index in [1.54, 1.807) is 6.20 Å². The molecule has 5 nitrogen and oxygen atoms in total. The van der Waals surface area contributed by atoms with Crippen molar-refractivity contribution in [3.05, 3.63) is 22.8 Å². The van der Waals surface area contributed by atoms with Crippen molar-refractivity contribution in [1.29, 1.82) is 0 Å². The first-order valence-electron chi connectivity index (χ1n) is 11.0. The second-order valence-electron chi connectivity index (χ2n) is 9.71. The fourth-order valence-electron chi connectivity index (χ4n) is 6.72. The summed E-state index contributed by atoms with van der Waals surface area (Å²) in [6.07, 6.45) is 10.9. The molecule has 4 aliphatic carbocycles. The Morgan fingerprint density at radius 1 is 1.18 bits per heavy atom. The first-order valence-corrected chi connectivity index (χ1v) is 11.4. The molecule has 1 amide bonds. The molecule has 6 heteroatoms. The van der Waals surface area contributed by atoms with Crippen LogP contribution in [0.15, 0.2) is 12.3 Å². The summed E-state index contributed by atoms with van der Waals surface area (Å²) in [6, 6.07) is 1.88. The minimum atomic E-state index is -0.0441. The molecule has 2 heterocycles. The van der Waals surface area contributed by atoms with Crippen molar-refractivity contribution in [2.75, 3.05) is 37.6 Å². The van der Waals surface area contributed by atoms with Crippen molar-refractivity contribution in [1.82, 2.24) is 15.6 Å². The van der Waals surface area contributed by atoms with Crippen LogP contribution in [0.3, 0.4) is 0 Å². The molecule has 0 atom stereocenters. The van der Waals surface area contributed by atoms with Gasteiger partial charge in [-0.05, 0) is 80.7 Å². The van der Waals surface area contributed by atoms with Gasteiger partial charge in [-0.1, -0.05) is 11.6 Å². The standard InChI is InChI=1S/C22H31ClN4O/c23-19-13-25-20(27-4-1-2-24-3-5-27)9-18(19)21(28)26-14-22-10-15-6-16(11-22)8-17(7-15)12-22/h9,13,15-17,24H,1-8,10-12,14H2,(H,26,28). The van der Waals surface area contributed by atoms with E-state index in [1.807, 2.05) is 6.07 Å². The van der Waals surface area contributed by atoms with Gasteiger partial charge in [0.1, 0.15) is 5.82 Å². The van der Waals surface area contributed by atoms with Gasteiger partial charge in [0, 0.05) is 32.4 Å². The zero-order valence-corrected chi connectivity index (χ0v) is 17.3. The highest BCUT2D eigenvalue weighted by molar-refractivity contribution is 6.33. The van der Waals surface area contributed by atoms with Crippen LogP contribution >= 0.6 is 11.6 Å². The first kappa shape index (κ1) is 18.7. The zero-order valence-electron chi connectivity index (χ0n) is 16.6. The molecule has 0 unspecified atom stereocenters. The fraction of sp³-hybridized carbons (Fsp3) is 0.727. The van der Waals surface area contributed by atoms with Crippen molar-refractivity contribution < 1.29 is 4.79 Å². The molecule has 0 aromatic carbocycles. The lowest BCUT2D eigenvalue weighted by molar-refractivity contribution is -0.0503. The molecule has 1 aromatic heterocycles. The lowest BCUT2D eigenvalue weighted by atomic mass is 9.49. The molecule has 5 fully saturated rings. The molecule has 4 saturated carbocycles. The van der Waals surface area contributed by atoms with Gasteiger partial charge in [0.15, 0.2) is 0 Å². The SMILES string of the molecule is O=C(NCC12CC3CC(CC(C3)C1)C2)c1cc(N2CCCNCC2)ncc1Cl. The summed E-state index contributed by atoms with van der Waals surface area (Å²) < 4.78 is 0. The molecule has 6 rings (SSSR count). The number of nitrogens with zero attached hydrogens (tertiary/aromatic N) is 2. The van der Waals surface area contributed by atoms with Crippen LogP contribution in [0.5, 0.6) is 0 Å². The van der Waals surface area contributed by atoms with Crippen molar-refractivity contribution in [2.24, 2.45) is 23.2 Å². The monoisotopic (exact) mass is 402 g/mol. The minimum absolute atomic E-state index is 0.0441. The summed E-state index contributed by atoms with van der Waals surface area (Å²) in [7, 11) is 0. The van der Waals surface area contributed by atoms with Crippen LogP contribution in [-0.2, 0) is 0 Å². The number of anilines is 1. The molecule has 0 spiro atoms. The van der Waals surface area contributed by atoms with Gasteiger partial charge in [-0.3, -0.25) is 4.79 Å². The lowest BCUT2D eigenvalue weighted by Crippen LogP contribution is -2.51. The maximum Gasteiger partial charge on any atom is 0.253 e. The molecule has 1 saturated heterocycles. The van der Waals surface area contributed by atoms with E-state index in [0.29, 0.717) is 16.0 Å². The average molecular weight is 403 g/mol. The van der Waals surface area contributed by atoms with E-state index in [-0.39, 0.29) is 5.91 Å². The predicted octanol–water partition coefficient (Wildman–Crippen LogP) is 3.48. The van der Waals surface area contributed by atoms with Crippen LogP contribution in [0.1, 0.15) is 55.3 Å². The predicted molar refractivity (Wildman–Crippen MR) is 112 cm³/mol. The average Bonchev–Trinajstić information content (AvgIpc) is 2.95. The van der Waals surface area contributed by atoms with Gasteiger partial charge in [-0.15, -0.1) is 0 Å². The largest absolute Gasteiger partial charge is 0.355 e. The normalized spacial score (nSPS) is 34.3. The van der Waals surface area contributed by atoms with Crippen molar-refractivity contribution >= 4 is 23.3 Å². The van der Waals surface area contributed by atoms with Gasteiger partial charge >= 0.3 is 0 Å². The lowest BCUT2D eigenvalue weighted by Gasteiger charge is -2.56. The van der Waals surface area contributed by atoms with Gasteiger partial charge in [0.2, 0.25) is 0 Å². The van der Waals surface area contributed by atoms with Gasteiger partial charge in [0.25, 0.3) is 5.91 Å². The zero-order chi connectivity index (χ0) is 19.1. The third kappa shape index (κ3) is 3.63. The molecule has 152 valence electrons. The number of nitrogens with one attached hydrogen (secondary N) is 2. The van der Waals surface area contributed by atoms with E-state index in [1.165, 1.54) is 38.5 Å². The second-order valence-corrected chi connectivity index (χ2v) is 10.1. The topological polar surface area (TPSA) is 57.3 Å². The number of aromatic nitrogens is 1. The van der Waals surface area contributed by atoms with Crippen LogP contribution in [0.2, 0.25) is 5.02 Å². The van der Waals surface area contributed by atoms with Crippen molar-refractivity contribution in [3.8, 4) is 0 Å². The number of hydrogen-bond donors (Lipinski definition) is 2. The van der Waals surface area contributed by atoms with Gasteiger partial charge in [-0.2, -0.15) is 0 Å². The summed E-state index contributed by atoms with van der Waals surface area (Å²) in [5, 5.41) is 7.11. The number of pyridine rings is 1. The highest BCUT2D eigenvalue weighted by Gasteiger charge is 2.50. The molecular formula is C22H31ClN4O. The number of hydrogen-bond acceptors (Lipinski definition) is 4. The summed E-state index contributed by atoms with van der Waals surface area (Å²) in [5.74, 6) is 3.51. The molecule has 28 heavy (non-hydrogen) atoms. The van der Waals surface area contributed by atoms with Crippen LogP contribution in [0.25, 0.3) is 0 Å². The van der Waals surface area contributed by atoms with Crippen LogP contribution in [0.4, 0.5) is 5.82 Å². The summed E-state index contributed by atoms with van der Waals surface area (Å²) in [5.41, 5.74) is 0.900. The smallest absolute Gasteiger partial charge is 0.253 e. The highest BCUT2D eigenvalue weighted by atomic mass is 35.5. The highest BCUT2D eigenvalue weighted by Crippen LogP contribution is 2.59. The quantitative estimate of drug-likeness (QED) is 0.809. The van der Waals surface area contributed by atoms with E-state index in [0.717, 1.165) is 62.7 Å². The Labute approximate surface area is 172 Å². The van der Waals surface area contributed by atoms with Crippen molar-refractivity contribution in [3.63, 3.8) is 0 Å². The van der Waals surface area contributed by atoms with Crippen LogP contribution < -0.4 is 15.5 Å². The Morgan fingerprint density at radius 2 is 1.89 bits per heavy atom. The molecule has 1 aromatic rings. The summed E-state index contributed by atoms with van der Waals surface area (Å²) in [6.45, 7) is 4.64. The molecular weight excluding hydrogens is 372 g/mol. The number of halogens is 1. The maximum absolute atomic E-state index is 13.0. The van der Waals surface area contributed by atoms with E-state index in [9.17, 15) is 4.79 Å². The molecule has 4 bridgehead atoms. The molecule has 5 aliphatic rings. The maximum atomic E-state index is 13.0. The Hall–Kier alpha value is -1.33. The second kappa shape index (κ2) is 7.49. The number of rotatable bonds is 4. The summed E-state index contributed by atoms with van der Waals surface area (Å²) >= 11 is 6.36. The molecule has 1 aliphatic heterocycles. The molecule has 2 N–H and O–H groups in total. The Bertz CT molecular complexity index is 709. The third-order valence-corrected chi connectivity index (χ3v) is 7.84. The van der Waals surface area contributed by atoms with Gasteiger partial charge in [0.05, 0.1) is 10.6 Å².